The van der Waals surface area contributed by atoms with Gasteiger partial charge in [0.15, 0.2) is 0 Å². The lowest BCUT2D eigenvalue weighted by molar-refractivity contribution is 0.252. The van der Waals surface area contributed by atoms with E-state index in [1.165, 1.54) is 86.5 Å². The van der Waals surface area contributed by atoms with Crippen molar-refractivity contribution in [3.05, 3.63) is 70.8 Å². The second-order valence-electron chi connectivity index (χ2n) is 8.78. The van der Waals surface area contributed by atoms with Gasteiger partial charge in [0.2, 0.25) is 0 Å². The second kappa shape index (κ2) is 11.2. The normalized spacial score (nSPS) is 19.9. The van der Waals surface area contributed by atoms with Crippen molar-refractivity contribution in [1.29, 1.82) is 0 Å². The summed E-state index contributed by atoms with van der Waals surface area (Å²) in [6, 6.07) is 18.2. The van der Waals surface area contributed by atoms with Crippen molar-refractivity contribution in [1.82, 2.24) is 0 Å². The van der Waals surface area contributed by atoms with Gasteiger partial charge in [0.1, 0.15) is 0 Å². The number of rotatable bonds is 9. The first kappa shape index (κ1) is 20.9. The van der Waals surface area contributed by atoms with E-state index in [9.17, 15) is 0 Å². The van der Waals surface area contributed by atoms with Crippen molar-refractivity contribution in [2.45, 2.75) is 78.1 Å². The van der Waals surface area contributed by atoms with Gasteiger partial charge in [-0.1, -0.05) is 119 Å². The predicted molar refractivity (Wildman–Crippen MR) is 124 cm³/mol. The molecule has 0 aromatic heterocycles. The highest BCUT2D eigenvalue weighted by Gasteiger charge is 2.20. The fourth-order valence-electron chi connectivity index (χ4n) is 4.66. The van der Waals surface area contributed by atoms with Crippen LogP contribution in [0.1, 0.15) is 87.5 Å². The molecule has 0 atom stereocenters. The predicted octanol–water partition coefficient (Wildman–Crippen LogP) is 8.35. The maximum absolute atomic E-state index is 2.33. The maximum atomic E-state index is 2.33. The van der Waals surface area contributed by atoms with E-state index in [2.05, 4.69) is 74.5 Å². The van der Waals surface area contributed by atoms with Gasteiger partial charge in [0.05, 0.1) is 0 Å². The third-order valence-corrected chi connectivity index (χ3v) is 6.47. The van der Waals surface area contributed by atoms with E-state index in [0.717, 1.165) is 11.8 Å². The first-order valence-corrected chi connectivity index (χ1v) is 11.6. The molecule has 0 saturated heterocycles. The fourth-order valence-corrected chi connectivity index (χ4v) is 4.66. The average molecular weight is 375 g/mol. The highest BCUT2D eigenvalue weighted by molar-refractivity contribution is 5.69. The fraction of sp³-hybridized carbons (Fsp3) is 0.500. The zero-order chi connectivity index (χ0) is 19.6. The maximum Gasteiger partial charge on any atom is -0.0256 e. The molecule has 0 heteroatoms. The van der Waals surface area contributed by atoms with Crippen LogP contribution in [0.5, 0.6) is 0 Å². The smallest absolute Gasteiger partial charge is 0.0256 e. The molecule has 150 valence electrons. The quantitative estimate of drug-likeness (QED) is 0.387. The molecule has 28 heavy (non-hydrogen) atoms. The van der Waals surface area contributed by atoms with E-state index in [4.69, 9.17) is 0 Å². The SMILES string of the molecule is CCCc1ccc(C=Cc2ccc(CCC3CCC(CCC)CC3)cc2)cc1. The summed E-state index contributed by atoms with van der Waals surface area (Å²) in [5.41, 5.74) is 5.50. The van der Waals surface area contributed by atoms with Gasteiger partial charge in [-0.15, -0.1) is 0 Å². The Hall–Kier alpha value is -1.82. The van der Waals surface area contributed by atoms with Crippen molar-refractivity contribution in [3.8, 4) is 0 Å². The molecule has 0 bridgehead atoms. The van der Waals surface area contributed by atoms with E-state index >= 15 is 0 Å². The van der Waals surface area contributed by atoms with Crippen LogP contribution in [0.15, 0.2) is 48.5 Å². The molecule has 1 saturated carbocycles. The molecule has 2 aromatic rings. The number of hydrogen-bond donors (Lipinski definition) is 0. The van der Waals surface area contributed by atoms with E-state index in [-0.39, 0.29) is 0 Å². The van der Waals surface area contributed by atoms with Gasteiger partial charge in [-0.25, -0.2) is 0 Å². The zero-order valence-corrected chi connectivity index (χ0v) is 18.0. The van der Waals surface area contributed by atoms with Crippen molar-refractivity contribution in [2.75, 3.05) is 0 Å². The van der Waals surface area contributed by atoms with Crippen molar-refractivity contribution in [2.24, 2.45) is 11.8 Å². The Morgan fingerprint density at radius 2 is 1.07 bits per heavy atom. The third-order valence-electron chi connectivity index (χ3n) is 6.47. The van der Waals surface area contributed by atoms with Crippen LogP contribution in [0.2, 0.25) is 0 Å². The molecule has 0 radical (unpaired) electrons. The summed E-state index contributed by atoms with van der Waals surface area (Å²) in [6.07, 6.45) is 18.1. The molecule has 0 spiro atoms. The summed E-state index contributed by atoms with van der Waals surface area (Å²) >= 11 is 0. The number of aryl methyl sites for hydroxylation is 2. The molecule has 0 nitrogen and oxygen atoms in total. The summed E-state index contributed by atoms with van der Waals surface area (Å²) in [4.78, 5) is 0. The monoisotopic (exact) mass is 374 g/mol. The van der Waals surface area contributed by atoms with Gasteiger partial charge in [0.25, 0.3) is 0 Å². The van der Waals surface area contributed by atoms with Crippen LogP contribution < -0.4 is 0 Å². The van der Waals surface area contributed by atoms with Crippen molar-refractivity contribution >= 4 is 12.2 Å². The highest BCUT2D eigenvalue weighted by Crippen LogP contribution is 2.33. The second-order valence-corrected chi connectivity index (χ2v) is 8.78. The summed E-state index contributed by atoms with van der Waals surface area (Å²) in [5, 5.41) is 0. The Morgan fingerprint density at radius 1 is 0.607 bits per heavy atom. The molecule has 0 N–H and O–H groups in total. The molecule has 1 fully saturated rings. The van der Waals surface area contributed by atoms with E-state index in [1.807, 2.05) is 0 Å². The minimum atomic E-state index is 0.961. The van der Waals surface area contributed by atoms with E-state index in [0.29, 0.717) is 0 Å². The van der Waals surface area contributed by atoms with Crippen LogP contribution >= 0.6 is 0 Å². The van der Waals surface area contributed by atoms with Gasteiger partial charge >= 0.3 is 0 Å². The first-order chi connectivity index (χ1) is 13.8. The minimum Gasteiger partial charge on any atom is -0.0654 e. The van der Waals surface area contributed by atoms with Crippen LogP contribution in [0, 0.1) is 11.8 Å². The lowest BCUT2D eigenvalue weighted by atomic mass is 9.78. The lowest BCUT2D eigenvalue weighted by Gasteiger charge is -2.28. The Morgan fingerprint density at radius 3 is 1.54 bits per heavy atom. The highest BCUT2D eigenvalue weighted by atomic mass is 14.3. The number of benzene rings is 2. The van der Waals surface area contributed by atoms with Gasteiger partial charge in [-0.2, -0.15) is 0 Å². The van der Waals surface area contributed by atoms with Crippen molar-refractivity contribution < 1.29 is 0 Å². The summed E-state index contributed by atoms with van der Waals surface area (Å²) in [5.74, 6) is 1.98. The topological polar surface area (TPSA) is 0 Å². The first-order valence-electron chi connectivity index (χ1n) is 11.6. The largest absolute Gasteiger partial charge is 0.0654 e. The molecule has 0 amide bonds. The van der Waals surface area contributed by atoms with E-state index in [1.54, 1.807) is 0 Å². The standard InChI is InChI=1S/C28H38/c1-3-5-23-7-11-25(12-8-23)15-17-27-19-21-28(22-20-27)18-16-26-13-9-24(6-4-2)10-14-26/h7-8,11-12,15,17,19-22,24,26H,3-6,9-10,13-14,16,18H2,1-2H3. The lowest BCUT2D eigenvalue weighted by Crippen LogP contribution is -2.15. The Balaban J connectivity index is 1.44. The van der Waals surface area contributed by atoms with Gasteiger partial charge in [0, 0.05) is 0 Å². The summed E-state index contributed by atoms with van der Waals surface area (Å²) in [6.45, 7) is 4.56. The van der Waals surface area contributed by atoms with Gasteiger partial charge in [-0.05, 0) is 53.4 Å². The Labute approximate surface area is 173 Å². The molecule has 1 aliphatic carbocycles. The molecule has 0 aliphatic heterocycles. The van der Waals surface area contributed by atoms with Gasteiger partial charge in [-0.3, -0.25) is 0 Å². The molecule has 0 heterocycles. The van der Waals surface area contributed by atoms with Crippen LogP contribution in [-0.4, -0.2) is 0 Å². The molecule has 2 aromatic carbocycles. The third kappa shape index (κ3) is 6.66. The Bertz CT molecular complexity index is 697. The summed E-state index contributed by atoms with van der Waals surface area (Å²) in [7, 11) is 0. The summed E-state index contributed by atoms with van der Waals surface area (Å²) < 4.78 is 0. The molecule has 3 rings (SSSR count). The molecular weight excluding hydrogens is 336 g/mol. The van der Waals surface area contributed by atoms with Crippen LogP contribution in [-0.2, 0) is 12.8 Å². The Kier molecular flexibility index (Phi) is 8.40. The molecule has 0 unspecified atom stereocenters. The van der Waals surface area contributed by atoms with Crippen molar-refractivity contribution in [3.63, 3.8) is 0 Å². The molecule has 1 aliphatic rings. The average Bonchev–Trinajstić information content (AvgIpc) is 2.74. The van der Waals surface area contributed by atoms with Crippen LogP contribution in [0.3, 0.4) is 0 Å². The zero-order valence-electron chi connectivity index (χ0n) is 18.0. The van der Waals surface area contributed by atoms with Crippen LogP contribution in [0.4, 0.5) is 0 Å². The number of hydrogen-bond acceptors (Lipinski definition) is 0. The minimum absolute atomic E-state index is 0.961. The van der Waals surface area contributed by atoms with E-state index < -0.39 is 0 Å². The molecular formula is C28H38. The van der Waals surface area contributed by atoms with Crippen LogP contribution in [0.25, 0.3) is 12.2 Å². The van der Waals surface area contributed by atoms with Gasteiger partial charge < -0.3 is 0 Å².